The molecule has 1 unspecified atom stereocenters. The molecule has 0 radical (unpaired) electrons. The lowest BCUT2D eigenvalue weighted by Crippen LogP contribution is -2.22. The molecule has 2 atom stereocenters. The molecule has 3 N–H and O–H groups in total. The van der Waals surface area contributed by atoms with Gasteiger partial charge in [0.05, 0.1) is 0 Å². The summed E-state index contributed by atoms with van der Waals surface area (Å²) in [6.45, 7) is 4.03. The number of benzene rings is 2. The summed E-state index contributed by atoms with van der Waals surface area (Å²) in [5.74, 6) is 0.335. The molecule has 4 heteroatoms. The molecule has 0 amide bonds. The van der Waals surface area contributed by atoms with Crippen LogP contribution in [-0.2, 0) is 0 Å². The predicted molar refractivity (Wildman–Crippen MR) is 83.9 cm³/mol. The van der Waals surface area contributed by atoms with Gasteiger partial charge in [0.2, 0.25) is 0 Å². The topological polar surface area (TPSA) is 52.5 Å². The van der Waals surface area contributed by atoms with Crippen molar-refractivity contribution in [3.63, 3.8) is 0 Å². The molecule has 0 saturated heterocycles. The van der Waals surface area contributed by atoms with E-state index in [-0.39, 0.29) is 23.6 Å². The van der Waals surface area contributed by atoms with Crippen LogP contribution in [0.5, 0.6) is 11.5 Å². The van der Waals surface area contributed by atoms with E-state index in [2.05, 4.69) is 34.2 Å². The van der Waals surface area contributed by atoms with Crippen molar-refractivity contribution in [2.75, 3.05) is 0 Å². The first-order chi connectivity index (χ1) is 9.49. The van der Waals surface area contributed by atoms with Gasteiger partial charge in [0, 0.05) is 22.1 Å². The number of rotatable bonds is 4. The molecular weight excluding hydrogens is 318 g/mol. The Labute approximate surface area is 127 Å². The molecule has 0 aliphatic rings. The molecule has 0 aromatic heterocycles. The van der Waals surface area contributed by atoms with E-state index < -0.39 is 0 Å². The summed E-state index contributed by atoms with van der Waals surface area (Å²) < 4.78 is 1.05. The van der Waals surface area contributed by atoms with Crippen LogP contribution in [0.2, 0.25) is 0 Å². The molecule has 2 aromatic rings. The second-order valence-electron chi connectivity index (χ2n) is 4.87. The molecule has 0 bridgehead atoms. The van der Waals surface area contributed by atoms with Gasteiger partial charge in [-0.3, -0.25) is 0 Å². The highest BCUT2D eigenvalue weighted by Crippen LogP contribution is 2.30. The Kier molecular flexibility index (Phi) is 4.68. The van der Waals surface area contributed by atoms with Gasteiger partial charge in [-0.05, 0) is 43.7 Å². The van der Waals surface area contributed by atoms with E-state index in [9.17, 15) is 10.2 Å². The Bertz CT molecular complexity index is 601. The highest BCUT2D eigenvalue weighted by Gasteiger charge is 2.16. The van der Waals surface area contributed by atoms with Crippen molar-refractivity contribution < 1.29 is 10.2 Å². The van der Waals surface area contributed by atoms with E-state index in [0.29, 0.717) is 5.56 Å². The van der Waals surface area contributed by atoms with Crippen LogP contribution in [0.15, 0.2) is 46.9 Å². The molecule has 2 rings (SSSR count). The molecule has 0 spiro atoms. The lowest BCUT2D eigenvalue weighted by molar-refractivity contribution is 0.429. The van der Waals surface area contributed by atoms with Gasteiger partial charge in [-0.15, -0.1) is 0 Å². The minimum atomic E-state index is -0.0794. The zero-order valence-corrected chi connectivity index (χ0v) is 13.1. The number of hydrogen-bond acceptors (Lipinski definition) is 3. The van der Waals surface area contributed by atoms with Crippen LogP contribution < -0.4 is 5.32 Å². The lowest BCUT2D eigenvalue weighted by Gasteiger charge is -2.22. The molecule has 0 aliphatic heterocycles. The summed E-state index contributed by atoms with van der Waals surface area (Å²) in [5, 5.41) is 22.8. The number of halogens is 1. The van der Waals surface area contributed by atoms with Crippen LogP contribution in [0.4, 0.5) is 0 Å². The molecule has 3 nitrogen and oxygen atoms in total. The summed E-state index contributed by atoms with van der Waals surface area (Å²) in [6, 6.07) is 12.6. The molecule has 20 heavy (non-hydrogen) atoms. The molecular formula is C16H18BrNO2. The fraction of sp³-hybridized carbons (Fsp3) is 0.250. The van der Waals surface area contributed by atoms with Gasteiger partial charge in [0.1, 0.15) is 11.5 Å². The number of phenolic OH excluding ortho intramolecular Hbond substituents is 2. The smallest absolute Gasteiger partial charge is 0.120 e. The first-order valence-corrected chi connectivity index (χ1v) is 7.30. The zero-order valence-electron chi connectivity index (χ0n) is 11.5. The Morgan fingerprint density at radius 2 is 1.60 bits per heavy atom. The van der Waals surface area contributed by atoms with Crippen molar-refractivity contribution in [3.05, 3.63) is 58.1 Å². The minimum Gasteiger partial charge on any atom is -0.508 e. The fourth-order valence-corrected chi connectivity index (χ4v) is 2.90. The third-order valence-electron chi connectivity index (χ3n) is 3.35. The van der Waals surface area contributed by atoms with E-state index >= 15 is 0 Å². The molecule has 0 fully saturated rings. The predicted octanol–water partition coefficient (Wildman–Crippen LogP) is 4.27. The fourth-order valence-electron chi connectivity index (χ4n) is 2.27. The second-order valence-corrected chi connectivity index (χ2v) is 5.73. The molecule has 0 heterocycles. The summed E-state index contributed by atoms with van der Waals surface area (Å²) in [5.41, 5.74) is 1.84. The van der Waals surface area contributed by atoms with E-state index in [0.717, 1.165) is 10.0 Å². The number of hydrogen-bond donors (Lipinski definition) is 3. The summed E-state index contributed by atoms with van der Waals surface area (Å²) in [6.07, 6.45) is 0. The SMILES string of the molecule is CC(N[C@@H](C)c1ccccc1Br)c1cc(O)ccc1O. The second kappa shape index (κ2) is 6.29. The van der Waals surface area contributed by atoms with Gasteiger partial charge in [-0.25, -0.2) is 0 Å². The van der Waals surface area contributed by atoms with Gasteiger partial charge >= 0.3 is 0 Å². The van der Waals surface area contributed by atoms with Crippen LogP contribution >= 0.6 is 15.9 Å². The van der Waals surface area contributed by atoms with E-state index in [1.165, 1.54) is 12.1 Å². The third kappa shape index (κ3) is 3.32. The van der Waals surface area contributed by atoms with Crippen LogP contribution in [0.25, 0.3) is 0 Å². The molecule has 106 valence electrons. The van der Waals surface area contributed by atoms with Crippen LogP contribution in [0.1, 0.15) is 37.1 Å². The summed E-state index contributed by atoms with van der Waals surface area (Å²) in [7, 11) is 0. The maximum absolute atomic E-state index is 9.88. The molecule has 0 saturated carbocycles. The van der Waals surface area contributed by atoms with Crippen molar-refractivity contribution in [2.45, 2.75) is 25.9 Å². The van der Waals surface area contributed by atoms with Crippen molar-refractivity contribution in [1.29, 1.82) is 0 Å². The summed E-state index contributed by atoms with van der Waals surface area (Å²) in [4.78, 5) is 0. The van der Waals surface area contributed by atoms with Crippen molar-refractivity contribution >= 4 is 15.9 Å². The van der Waals surface area contributed by atoms with E-state index in [1.54, 1.807) is 6.07 Å². The maximum atomic E-state index is 9.88. The van der Waals surface area contributed by atoms with Crippen LogP contribution in [0, 0.1) is 0 Å². The average molecular weight is 336 g/mol. The monoisotopic (exact) mass is 335 g/mol. The largest absolute Gasteiger partial charge is 0.508 e. The molecule has 0 aliphatic carbocycles. The van der Waals surface area contributed by atoms with Gasteiger partial charge in [0.25, 0.3) is 0 Å². The van der Waals surface area contributed by atoms with Crippen molar-refractivity contribution in [1.82, 2.24) is 5.32 Å². The number of aromatic hydroxyl groups is 2. The minimum absolute atomic E-state index is 0.0794. The highest BCUT2D eigenvalue weighted by atomic mass is 79.9. The van der Waals surface area contributed by atoms with Gasteiger partial charge in [0.15, 0.2) is 0 Å². The average Bonchev–Trinajstić information content (AvgIpc) is 2.41. The van der Waals surface area contributed by atoms with Gasteiger partial charge < -0.3 is 15.5 Å². The first-order valence-electron chi connectivity index (χ1n) is 6.51. The Morgan fingerprint density at radius 1 is 0.950 bits per heavy atom. The van der Waals surface area contributed by atoms with Crippen molar-refractivity contribution in [2.24, 2.45) is 0 Å². The van der Waals surface area contributed by atoms with Crippen LogP contribution in [-0.4, -0.2) is 10.2 Å². The van der Waals surface area contributed by atoms with Gasteiger partial charge in [-0.1, -0.05) is 34.1 Å². The highest BCUT2D eigenvalue weighted by molar-refractivity contribution is 9.10. The van der Waals surface area contributed by atoms with E-state index in [1.807, 2.05) is 25.1 Å². The van der Waals surface area contributed by atoms with Crippen LogP contribution in [0.3, 0.4) is 0 Å². The maximum Gasteiger partial charge on any atom is 0.120 e. The van der Waals surface area contributed by atoms with Crippen molar-refractivity contribution in [3.8, 4) is 11.5 Å². The quantitative estimate of drug-likeness (QED) is 0.731. The summed E-state index contributed by atoms with van der Waals surface area (Å²) >= 11 is 3.54. The third-order valence-corrected chi connectivity index (χ3v) is 4.07. The zero-order chi connectivity index (χ0) is 14.7. The lowest BCUT2D eigenvalue weighted by atomic mass is 10.0. The first kappa shape index (κ1) is 14.9. The number of nitrogens with one attached hydrogen (secondary N) is 1. The Hall–Kier alpha value is -1.52. The Morgan fingerprint density at radius 3 is 2.30 bits per heavy atom. The molecule has 2 aromatic carbocycles. The standard InChI is InChI=1S/C16H18BrNO2/c1-10(13-5-3-4-6-15(13)17)18-11(2)14-9-12(19)7-8-16(14)20/h3-11,18-20H,1-2H3/t10-,11?/m0/s1. The van der Waals surface area contributed by atoms with E-state index in [4.69, 9.17) is 0 Å². The normalized spacial score (nSPS) is 13.9. The van der Waals surface area contributed by atoms with Gasteiger partial charge in [-0.2, -0.15) is 0 Å². The Balaban J connectivity index is 2.17. The number of phenols is 2.